The molecule has 0 bridgehead atoms. The molecule has 0 atom stereocenters. The van der Waals surface area contributed by atoms with Gasteiger partial charge in [-0.3, -0.25) is 0 Å². The van der Waals surface area contributed by atoms with Gasteiger partial charge in [0.05, 0.1) is 22.9 Å². The van der Waals surface area contributed by atoms with E-state index in [1.54, 1.807) is 23.5 Å². The number of thiazole rings is 1. The van der Waals surface area contributed by atoms with E-state index in [9.17, 15) is 8.42 Å². The van der Waals surface area contributed by atoms with E-state index in [0.717, 1.165) is 41.0 Å². The minimum Gasteiger partial charge on any atom is -0.383 e. The first kappa shape index (κ1) is 22.0. The van der Waals surface area contributed by atoms with Gasteiger partial charge in [-0.25, -0.2) is 13.4 Å². The lowest BCUT2D eigenvalue weighted by Crippen LogP contribution is -2.35. The zero-order valence-corrected chi connectivity index (χ0v) is 19.2. The zero-order chi connectivity index (χ0) is 21.7. The van der Waals surface area contributed by atoms with Gasteiger partial charge in [-0.05, 0) is 37.1 Å². The van der Waals surface area contributed by atoms with Gasteiger partial charge >= 0.3 is 0 Å². The quantitative estimate of drug-likeness (QED) is 0.532. The van der Waals surface area contributed by atoms with E-state index in [-0.39, 0.29) is 0 Å². The van der Waals surface area contributed by atoms with Crippen molar-refractivity contribution in [2.24, 2.45) is 4.99 Å². The van der Waals surface area contributed by atoms with Gasteiger partial charge in [0.25, 0.3) is 0 Å². The Balaban J connectivity index is 1.74. The summed E-state index contributed by atoms with van der Waals surface area (Å²) >= 11 is 1.54. The van der Waals surface area contributed by atoms with Gasteiger partial charge in [0.2, 0.25) is 10.0 Å². The molecule has 2 aromatic carbocycles. The number of para-hydroxylation sites is 1. The first-order valence-corrected chi connectivity index (χ1v) is 12.8. The second-order valence-corrected chi connectivity index (χ2v) is 10.3. The summed E-state index contributed by atoms with van der Waals surface area (Å²) in [4.78, 5) is 5.98. The van der Waals surface area contributed by atoms with Crippen molar-refractivity contribution >= 4 is 27.0 Å². The third kappa shape index (κ3) is 4.98. The minimum atomic E-state index is -3.48. The summed E-state index contributed by atoms with van der Waals surface area (Å²) in [5.41, 5.74) is 2.68. The Morgan fingerprint density at radius 3 is 2.55 bits per heavy atom. The summed E-state index contributed by atoms with van der Waals surface area (Å²) < 4.78 is 35.3. The van der Waals surface area contributed by atoms with Gasteiger partial charge in [0.15, 0.2) is 4.80 Å². The normalized spacial score (nSPS) is 16.0. The van der Waals surface area contributed by atoms with Crippen molar-refractivity contribution in [1.29, 1.82) is 0 Å². The molecule has 1 saturated heterocycles. The lowest BCUT2D eigenvalue weighted by Gasteiger charge is -2.26. The Morgan fingerprint density at radius 2 is 1.81 bits per heavy atom. The number of ether oxygens (including phenoxy) is 1. The smallest absolute Gasteiger partial charge is 0.243 e. The second-order valence-electron chi connectivity index (χ2n) is 7.49. The van der Waals surface area contributed by atoms with Gasteiger partial charge in [-0.1, -0.05) is 36.8 Å². The standard InChI is InChI=1S/C23H27N3O3S2/c1-29-16-15-26-22(18-30-23(26)24-20-10-4-2-5-11-20)19-9-8-12-21(17-19)31(27,28)25-13-6-3-7-14-25/h2,4-5,8-12,17-18H,3,6-7,13-16H2,1H3. The van der Waals surface area contributed by atoms with Crippen molar-refractivity contribution < 1.29 is 13.2 Å². The molecule has 8 heteroatoms. The fraction of sp³-hybridized carbons (Fsp3) is 0.348. The van der Waals surface area contributed by atoms with E-state index < -0.39 is 10.0 Å². The SMILES string of the molecule is COCCn1c(-c2cccc(S(=O)(=O)N3CCCCC3)c2)csc1=Nc1ccccc1. The van der Waals surface area contributed by atoms with Gasteiger partial charge in [0, 0.05) is 37.7 Å². The average Bonchev–Trinajstić information content (AvgIpc) is 3.21. The third-order valence-corrected chi connectivity index (χ3v) is 8.14. The first-order chi connectivity index (χ1) is 15.1. The molecule has 4 rings (SSSR count). The van der Waals surface area contributed by atoms with Crippen LogP contribution in [0.1, 0.15) is 19.3 Å². The molecule has 0 amide bonds. The second kappa shape index (κ2) is 9.91. The predicted octanol–water partition coefficient (Wildman–Crippen LogP) is 4.27. The summed E-state index contributed by atoms with van der Waals surface area (Å²) in [6.07, 6.45) is 2.93. The molecule has 0 saturated carbocycles. The first-order valence-electron chi connectivity index (χ1n) is 10.5. The number of aromatic nitrogens is 1. The van der Waals surface area contributed by atoms with Crippen LogP contribution in [-0.2, 0) is 21.3 Å². The highest BCUT2D eigenvalue weighted by Gasteiger charge is 2.26. The molecule has 1 aromatic heterocycles. The van der Waals surface area contributed by atoms with Gasteiger partial charge in [-0.15, -0.1) is 11.3 Å². The summed E-state index contributed by atoms with van der Waals surface area (Å²) in [7, 11) is -1.81. The van der Waals surface area contributed by atoms with Crippen molar-refractivity contribution in [1.82, 2.24) is 8.87 Å². The van der Waals surface area contributed by atoms with Gasteiger partial charge in [0.1, 0.15) is 0 Å². The summed E-state index contributed by atoms with van der Waals surface area (Å²) in [5.74, 6) is 0. The molecule has 0 unspecified atom stereocenters. The fourth-order valence-corrected chi connectivity index (χ4v) is 6.25. The number of hydrogen-bond donors (Lipinski definition) is 0. The van der Waals surface area contributed by atoms with E-state index in [4.69, 9.17) is 9.73 Å². The lowest BCUT2D eigenvalue weighted by atomic mass is 10.2. The van der Waals surface area contributed by atoms with Crippen LogP contribution >= 0.6 is 11.3 Å². The summed E-state index contributed by atoms with van der Waals surface area (Å²) in [5, 5.41) is 2.03. The van der Waals surface area contributed by atoms with Crippen LogP contribution < -0.4 is 4.80 Å². The molecule has 0 N–H and O–H groups in total. The highest BCUT2D eigenvalue weighted by atomic mass is 32.2. The van der Waals surface area contributed by atoms with Crippen LogP contribution in [0.5, 0.6) is 0 Å². The van der Waals surface area contributed by atoms with E-state index in [2.05, 4.69) is 4.57 Å². The maximum Gasteiger partial charge on any atom is 0.243 e. The molecule has 164 valence electrons. The van der Waals surface area contributed by atoms with Crippen LogP contribution in [0, 0.1) is 0 Å². The Morgan fingerprint density at radius 1 is 1.03 bits per heavy atom. The minimum absolute atomic E-state index is 0.345. The van der Waals surface area contributed by atoms with E-state index in [1.807, 2.05) is 47.8 Å². The van der Waals surface area contributed by atoms with Crippen LogP contribution in [0.3, 0.4) is 0 Å². The molecule has 6 nitrogen and oxygen atoms in total. The highest BCUT2D eigenvalue weighted by Crippen LogP contribution is 2.27. The molecule has 31 heavy (non-hydrogen) atoms. The molecule has 3 aromatic rings. The van der Waals surface area contributed by atoms with Crippen molar-refractivity contribution in [3.05, 3.63) is 64.8 Å². The van der Waals surface area contributed by atoms with E-state index >= 15 is 0 Å². The molecule has 1 aliphatic rings. The number of piperidine rings is 1. The average molecular weight is 458 g/mol. The monoisotopic (exact) mass is 457 g/mol. The molecule has 0 radical (unpaired) electrons. The van der Waals surface area contributed by atoms with Crippen molar-refractivity contribution in [2.75, 3.05) is 26.8 Å². The fourth-order valence-electron chi connectivity index (χ4n) is 3.73. The Bertz CT molecular complexity index is 1180. The van der Waals surface area contributed by atoms with Gasteiger partial charge < -0.3 is 9.30 Å². The maximum absolute atomic E-state index is 13.2. The zero-order valence-electron chi connectivity index (χ0n) is 17.6. The lowest BCUT2D eigenvalue weighted by molar-refractivity contribution is 0.187. The largest absolute Gasteiger partial charge is 0.383 e. The van der Waals surface area contributed by atoms with E-state index in [1.165, 1.54) is 11.3 Å². The topological polar surface area (TPSA) is 63.9 Å². The molecule has 1 aliphatic heterocycles. The summed E-state index contributed by atoms with van der Waals surface area (Å²) in [6.45, 7) is 2.36. The van der Waals surface area contributed by atoms with Crippen LogP contribution in [0.15, 0.2) is 69.9 Å². The number of rotatable bonds is 7. The molecule has 2 heterocycles. The molecule has 0 spiro atoms. The number of methoxy groups -OCH3 is 1. The number of sulfonamides is 1. The van der Waals surface area contributed by atoms with Crippen LogP contribution in [0.4, 0.5) is 5.69 Å². The number of nitrogens with zero attached hydrogens (tertiary/aromatic N) is 3. The Kier molecular flexibility index (Phi) is 7.02. The van der Waals surface area contributed by atoms with E-state index in [0.29, 0.717) is 31.1 Å². The maximum atomic E-state index is 13.2. The van der Waals surface area contributed by atoms with Crippen LogP contribution in [-0.4, -0.2) is 44.1 Å². The number of hydrogen-bond acceptors (Lipinski definition) is 5. The van der Waals surface area contributed by atoms with Crippen LogP contribution in [0.25, 0.3) is 11.3 Å². The molecule has 0 aliphatic carbocycles. The Labute approximate surface area is 187 Å². The van der Waals surface area contributed by atoms with Crippen molar-refractivity contribution in [3.8, 4) is 11.3 Å². The third-order valence-electron chi connectivity index (χ3n) is 5.38. The van der Waals surface area contributed by atoms with Crippen LogP contribution in [0.2, 0.25) is 0 Å². The molecular formula is C23H27N3O3S2. The van der Waals surface area contributed by atoms with Crippen molar-refractivity contribution in [3.63, 3.8) is 0 Å². The Hall–Kier alpha value is -2.26. The molecular weight excluding hydrogens is 430 g/mol. The predicted molar refractivity (Wildman–Crippen MR) is 124 cm³/mol. The highest BCUT2D eigenvalue weighted by molar-refractivity contribution is 7.89. The van der Waals surface area contributed by atoms with Gasteiger partial charge in [-0.2, -0.15) is 4.31 Å². The van der Waals surface area contributed by atoms with Crippen molar-refractivity contribution in [2.45, 2.75) is 30.7 Å². The summed E-state index contributed by atoms with van der Waals surface area (Å²) in [6, 6.07) is 17.1. The molecule has 1 fully saturated rings. The number of benzene rings is 2.